The van der Waals surface area contributed by atoms with Gasteiger partial charge in [-0.3, -0.25) is 0 Å². The zero-order valence-corrected chi connectivity index (χ0v) is 11.5. The number of carboxylic acids is 1. The molecule has 1 aromatic carbocycles. The van der Waals surface area contributed by atoms with Crippen LogP contribution in [0.3, 0.4) is 0 Å². The summed E-state index contributed by atoms with van der Waals surface area (Å²) in [5.41, 5.74) is 1.26. The Bertz CT molecular complexity index is 616. The first kappa shape index (κ1) is 14.2. The molecule has 0 amide bonds. The second-order valence-corrected chi connectivity index (χ2v) is 4.49. The number of carboxylic acid groups (broad SMARTS) is 1. The van der Waals surface area contributed by atoms with Crippen LogP contribution in [-0.4, -0.2) is 48.6 Å². The van der Waals surface area contributed by atoms with Crippen LogP contribution in [0.1, 0.15) is 16.9 Å². The molecule has 0 aliphatic carbocycles. The van der Waals surface area contributed by atoms with Crippen molar-refractivity contribution >= 4 is 22.6 Å². The van der Waals surface area contributed by atoms with Crippen molar-refractivity contribution in [1.82, 2.24) is 10.2 Å². The number of aromatic nitrogens is 2. The van der Waals surface area contributed by atoms with Gasteiger partial charge in [0.05, 0.1) is 11.2 Å². The Kier molecular flexibility index (Phi) is 4.47. The number of fused-ring (bicyclic) bond motifs is 1. The van der Waals surface area contributed by atoms with Crippen LogP contribution in [-0.2, 0) is 4.74 Å². The average Bonchev–Trinajstić information content (AvgIpc) is 2.46. The van der Waals surface area contributed by atoms with Crippen LogP contribution in [0.25, 0.3) is 10.9 Å². The molecule has 6 heteroatoms. The molecule has 0 unspecified atom stereocenters. The molecular formula is C14H17N3O3. The molecule has 1 heterocycles. The summed E-state index contributed by atoms with van der Waals surface area (Å²) < 4.78 is 5.02. The van der Waals surface area contributed by atoms with E-state index in [9.17, 15) is 9.90 Å². The minimum atomic E-state index is -1.07. The molecule has 2 rings (SSSR count). The lowest BCUT2D eigenvalue weighted by Gasteiger charge is -2.21. The molecule has 6 nitrogen and oxygen atoms in total. The van der Waals surface area contributed by atoms with Crippen molar-refractivity contribution in [2.45, 2.75) is 6.42 Å². The van der Waals surface area contributed by atoms with Gasteiger partial charge >= 0.3 is 5.97 Å². The molecule has 0 bridgehead atoms. The largest absolute Gasteiger partial charge is 0.476 e. The van der Waals surface area contributed by atoms with E-state index in [4.69, 9.17) is 4.74 Å². The van der Waals surface area contributed by atoms with Gasteiger partial charge in [-0.2, -0.15) is 0 Å². The van der Waals surface area contributed by atoms with Gasteiger partial charge in [0.2, 0.25) is 0 Å². The highest BCUT2D eigenvalue weighted by Crippen LogP contribution is 2.27. The number of methoxy groups -OCH3 is 1. The van der Waals surface area contributed by atoms with Gasteiger partial charge in [-0.25, -0.2) is 4.79 Å². The molecule has 0 saturated carbocycles. The Morgan fingerprint density at radius 2 is 2.10 bits per heavy atom. The summed E-state index contributed by atoms with van der Waals surface area (Å²) in [6.07, 6.45) is 0.808. The lowest BCUT2D eigenvalue weighted by molar-refractivity contribution is 0.0690. The number of hydrogen-bond donors (Lipinski definition) is 1. The van der Waals surface area contributed by atoms with Gasteiger partial charge in [-0.15, -0.1) is 10.2 Å². The Morgan fingerprint density at radius 1 is 1.35 bits per heavy atom. The summed E-state index contributed by atoms with van der Waals surface area (Å²) >= 11 is 0. The molecule has 1 N–H and O–H groups in total. The van der Waals surface area contributed by atoms with E-state index in [-0.39, 0.29) is 5.69 Å². The van der Waals surface area contributed by atoms with E-state index in [2.05, 4.69) is 10.2 Å². The summed E-state index contributed by atoms with van der Waals surface area (Å²) in [5, 5.41) is 17.9. The summed E-state index contributed by atoms with van der Waals surface area (Å²) in [5.74, 6) is -1.07. The molecule has 2 aromatic rings. The number of hydrogen-bond acceptors (Lipinski definition) is 5. The number of aromatic carboxylic acids is 1. The predicted molar refractivity (Wildman–Crippen MR) is 76.3 cm³/mol. The van der Waals surface area contributed by atoms with Crippen molar-refractivity contribution in [3.05, 3.63) is 30.0 Å². The number of carbonyl (C=O) groups is 1. The van der Waals surface area contributed by atoms with E-state index in [0.29, 0.717) is 24.4 Å². The molecule has 0 spiro atoms. The van der Waals surface area contributed by atoms with Gasteiger partial charge in [0.15, 0.2) is 5.69 Å². The van der Waals surface area contributed by atoms with E-state index in [0.717, 1.165) is 11.8 Å². The minimum Gasteiger partial charge on any atom is -0.476 e. The second-order valence-electron chi connectivity index (χ2n) is 4.49. The minimum absolute atomic E-state index is 0.0244. The fourth-order valence-corrected chi connectivity index (χ4v) is 2.13. The van der Waals surface area contributed by atoms with Crippen LogP contribution in [0, 0.1) is 0 Å². The molecule has 0 saturated heterocycles. The van der Waals surface area contributed by atoms with Crippen LogP contribution in [0.2, 0.25) is 0 Å². The Hall–Kier alpha value is -2.21. The third-order valence-corrected chi connectivity index (χ3v) is 3.07. The third-order valence-electron chi connectivity index (χ3n) is 3.07. The standard InChI is InChI=1S/C14H17N3O3/c1-17(8-5-9-20-2)13-10-6-3-4-7-11(10)15-16-12(13)14(18)19/h3-4,6-7H,5,8-9H2,1-2H3,(H,18,19). The highest BCUT2D eigenvalue weighted by atomic mass is 16.5. The topological polar surface area (TPSA) is 75.5 Å². The maximum absolute atomic E-state index is 11.3. The Balaban J connectivity index is 2.46. The molecule has 1 aromatic heterocycles. The maximum atomic E-state index is 11.3. The zero-order chi connectivity index (χ0) is 14.5. The van der Waals surface area contributed by atoms with E-state index >= 15 is 0 Å². The Labute approximate surface area is 117 Å². The van der Waals surface area contributed by atoms with Crippen LogP contribution in [0.5, 0.6) is 0 Å². The van der Waals surface area contributed by atoms with Crippen LogP contribution < -0.4 is 4.90 Å². The second kappa shape index (κ2) is 6.29. The summed E-state index contributed by atoms with van der Waals surface area (Å²) in [4.78, 5) is 13.2. The van der Waals surface area contributed by atoms with Gasteiger partial charge in [-0.05, 0) is 12.5 Å². The third kappa shape index (κ3) is 2.85. The fourth-order valence-electron chi connectivity index (χ4n) is 2.13. The van der Waals surface area contributed by atoms with Gasteiger partial charge in [-0.1, -0.05) is 18.2 Å². The number of rotatable bonds is 6. The molecule has 0 aliphatic rings. The normalized spacial score (nSPS) is 10.7. The smallest absolute Gasteiger partial charge is 0.358 e. The SMILES string of the molecule is COCCCN(C)c1c(C(=O)O)nnc2ccccc12. The van der Waals surface area contributed by atoms with E-state index < -0.39 is 5.97 Å². The first-order valence-electron chi connectivity index (χ1n) is 6.34. The molecule has 0 atom stereocenters. The van der Waals surface area contributed by atoms with Crippen LogP contribution in [0.4, 0.5) is 5.69 Å². The lowest BCUT2D eigenvalue weighted by atomic mass is 10.1. The van der Waals surface area contributed by atoms with E-state index in [1.54, 1.807) is 7.11 Å². The Morgan fingerprint density at radius 3 is 2.80 bits per heavy atom. The van der Waals surface area contributed by atoms with Crippen molar-refractivity contribution in [3.63, 3.8) is 0 Å². The first-order chi connectivity index (χ1) is 9.65. The van der Waals surface area contributed by atoms with Crippen molar-refractivity contribution in [3.8, 4) is 0 Å². The molecule has 106 valence electrons. The highest BCUT2D eigenvalue weighted by molar-refractivity contribution is 6.02. The zero-order valence-electron chi connectivity index (χ0n) is 11.5. The maximum Gasteiger partial charge on any atom is 0.358 e. The number of anilines is 1. The number of benzene rings is 1. The molecule has 0 aliphatic heterocycles. The molecule has 0 radical (unpaired) electrons. The van der Waals surface area contributed by atoms with E-state index in [1.165, 1.54) is 0 Å². The quantitative estimate of drug-likeness (QED) is 0.810. The first-order valence-corrected chi connectivity index (χ1v) is 6.34. The van der Waals surface area contributed by atoms with Crippen molar-refractivity contribution in [2.24, 2.45) is 0 Å². The molecular weight excluding hydrogens is 258 g/mol. The van der Waals surface area contributed by atoms with Gasteiger partial charge in [0.1, 0.15) is 0 Å². The summed E-state index contributed by atoms with van der Waals surface area (Å²) in [6, 6.07) is 7.40. The van der Waals surface area contributed by atoms with Crippen LogP contribution in [0.15, 0.2) is 24.3 Å². The predicted octanol–water partition coefficient (Wildman–Crippen LogP) is 1.80. The highest BCUT2D eigenvalue weighted by Gasteiger charge is 2.19. The monoisotopic (exact) mass is 275 g/mol. The fraction of sp³-hybridized carbons (Fsp3) is 0.357. The van der Waals surface area contributed by atoms with Crippen molar-refractivity contribution in [1.29, 1.82) is 0 Å². The van der Waals surface area contributed by atoms with Gasteiger partial charge in [0, 0.05) is 32.7 Å². The number of ether oxygens (including phenoxy) is 1. The average molecular weight is 275 g/mol. The van der Waals surface area contributed by atoms with Crippen LogP contribution >= 0.6 is 0 Å². The summed E-state index contributed by atoms with van der Waals surface area (Å²) in [7, 11) is 3.50. The van der Waals surface area contributed by atoms with Crippen molar-refractivity contribution < 1.29 is 14.6 Å². The van der Waals surface area contributed by atoms with Crippen molar-refractivity contribution in [2.75, 3.05) is 32.2 Å². The summed E-state index contributed by atoms with van der Waals surface area (Å²) in [6.45, 7) is 1.31. The molecule has 0 fully saturated rings. The number of nitrogens with zero attached hydrogens (tertiary/aromatic N) is 3. The van der Waals surface area contributed by atoms with E-state index in [1.807, 2.05) is 36.2 Å². The lowest BCUT2D eigenvalue weighted by Crippen LogP contribution is -2.23. The van der Waals surface area contributed by atoms with Gasteiger partial charge < -0.3 is 14.7 Å². The van der Waals surface area contributed by atoms with Gasteiger partial charge in [0.25, 0.3) is 0 Å². The molecule has 20 heavy (non-hydrogen) atoms.